The van der Waals surface area contributed by atoms with Gasteiger partial charge in [-0.05, 0) is 35.9 Å². The maximum absolute atomic E-state index is 13.4. The van der Waals surface area contributed by atoms with E-state index in [1.54, 1.807) is 18.2 Å². The fourth-order valence-electron chi connectivity index (χ4n) is 1.60. The van der Waals surface area contributed by atoms with Crippen LogP contribution < -0.4 is 5.32 Å². The molecule has 2 rings (SSSR count). The number of nitrogens with one attached hydrogen (secondary N) is 1. The van der Waals surface area contributed by atoms with Gasteiger partial charge in [-0.3, -0.25) is 4.79 Å². The van der Waals surface area contributed by atoms with Gasteiger partial charge in [0.1, 0.15) is 5.82 Å². The van der Waals surface area contributed by atoms with E-state index in [9.17, 15) is 9.18 Å². The zero-order valence-electron chi connectivity index (χ0n) is 10.6. The lowest BCUT2D eigenvalue weighted by Gasteiger charge is -2.06. The monoisotopic (exact) mass is 353 g/mol. The Kier molecular flexibility index (Phi) is 5.61. The van der Waals surface area contributed by atoms with Gasteiger partial charge < -0.3 is 5.32 Å². The fourth-order valence-corrected chi connectivity index (χ4v) is 2.68. The number of carbonyl (C=O) groups is 1. The van der Waals surface area contributed by atoms with Gasteiger partial charge in [0.25, 0.3) is 0 Å². The summed E-state index contributed by atoms with van der Waals surface area (Å²) in [4.78, 5) is 11.7. The molecular formula is C15H13BrFNOS. The summed E-state index contributed by atoms with van der Waals surface area (Å²) < 4.78 is 14.3. The molecule has 2 aromatic carbocycles. The fraction of sp³-hybridized carbons (Fsp3) is 0.133. The highest BCUT2D eigenvalue weighted by Crippen LogP contribution is 2.17. The van der Waals surface area contributed by atoms with Crippen LogP contribution in [0.4, 0.5) is 10.1 Å². The minimum absolute atomic E-state index is 0.0892. The second-order valence-corrected chi connectivity index (χ2v) is 6.04. The summed E-state index contributed by atoms with van der Waals surface area (Å²) in [5, 5.41) is 2.80. The molecule has 20 heavy (non-hydrogen) atoms. The van der Waals surface area contributed by atoms with E-state index in [4.69, 9.17) is 0 Å². The minimum Gasteiger partial charge on any atom is -0.325 e. The lowest BCUT2D eigenvalue weighted by molar-refractivity contribution is -0.113. The Morgan fingerprint density at radius 2 is 1.85 bits per heavy atom. The number of hydrogen-bond acceptors (Lipinski definition) is 2. The SMILES string of the molecule is O=C(CSCc1ccccc1F)Nc1ccc(Br)cc1. The number of anilines is 1. The molecule has 0 atom stereocenters. The quantitative estimate of drug-likeness (QED) is 0.859. The predicted octanol–water partition coefficient (Wildman–Crippen LogP) is 4.46. The first kappa shape index (κ1) is 15.1. The molecule has 0 saturated carbocycles. The first-order valence-electron chi connectivity index (χ1n) is 6.02. The zero-order valence-corrected chi connectivity index (χ0v) is 13.0. The van der Waals surface area contributed by atoms with Crippen LogP contribution in [-0.2, 0) is 10.5 Å². The maximum atomic E-state index is 13.4. The van der Waals surface area contributed by atoms with E-state index in [2.05, 4.69) is 21.2 Å². The molecule has 0 unspecified atom stereocenters. The van der Waals surface area contributed by atoms with Crippen molar-refractivity contribution in [3.05, 3.63) is 64.4 Å². The van der Waals surface area contributed by atoms with E-state index in [0.717, 1.165) is 10.2 Å². The summed E-state index contributed by atoms with van der Waals surface area (Å²) in [5.74, 6) is 0.465. The number of benzene rings is 2. The lowest BCUT2D eigenvalue weighted by Crippen LogP contribution is -2.14. The first-order chi connectivity index (χ1) is 9.65. The van der Waals surface area contributed by atoms with Crippen molar-refractivity contribution in [1.82, 2.24) is 0 Å². The number of thioether (sulfide) groups is 1. The summed E-state index contributed by atoms with van der Waals surface area (Å²) in [6, 6.07) is 14.0. The Morgan fingerprint density at radius 3 is 2.55 bits per heavy atom. The molecule has 104 valence electrons. The molecule has 0 saturated heterocycles. The smallest absolute Gasteiger partial charge is 0.234 e. The molecule has 2 aromatic rings. The molecule has 1 amide bonds. The van der Waals surface area contributed by atoms with Gasteiger partial charge in [-0.25, -0.2) is 4.39 Å². The largest absolute Gasteiger partial charge is 0.325 e. The van der Waals surface area contributed by atoms with E-state index in [0.29, 0.717) is 17.1 Å². The highest BCUT2D eigenvalue weighted by molar-refractivity contribution is 9.10. The van der Waals surface area contributed by atoms with Crippen LogP contribution in [0.3, 0.4) is 0 Å². The standard InChI is InChI=1S/C15H13BrFNOS/c16-12-5-7-13(8-6-12)18-15(19)10-20-9-11-3-1-2-4-14(11)17/h1-8H,9-10H2,(H,18,19). The van der Waals surface area contributed by atoms with E-state index in [1.807, 2.05) is 24.3 Å². The summed E-state index contributed by atoms with van der Waals surface area (Å²) in [7, 11) is 0. The lowest BCUT2D eigenvalue weighted by atomic mass is 10.2. The molecule has 0 radical (unpaired) electrons. The van der Waals surface area contributed by atoms with Crippen molar-refractivity contribution in [3.63, 3.8) is 0 Å². The minimum atomic E-state index is -0.228. The molecule has 0 bridgehead atoms. The molecule has 1 N–H and O–H groups in total. The third kappa shape index (κ3) is 4.65. The van der Waals surface area contributed by atoms with Crippen molar-refractivity contribution >= 4 is 39.3 Å². The molecule has 5 heteroatoms. The third-order valence-corrected chi connectivity index (χ3v) is 4.09. The van der Waals surface area contributed by atoms with E-state index >= 15 is 0 Å². The van der Waals surface area contributed by atoms with Crippen molar-refractivity contribution in [3.8, 4) is 0 Å². The zero-order chi connectivity index (χ0) is 14.4. The highest BCUT2D eigenvalue weighted by atomic mass is 79.9. The van der Waals surface area contributed by atoms with Crippen molar-refractivity contribution in [2.75, 3.05) is 11.1 Å². The molecule has 0 heterocycles. The highest BCUT2D eigenvalue weighted by Gasteiger charge is 2.05. The Hall–Kier alpha value is -1.33. The Bertz CT molecular complexity index is 589. The number of amides is 1. The number of rotatable bonds is 5. The van der Waals surface area contributed by atoms with E-state index in [1.165, 1.54) is 17.8 Å². The van der Waals surface area contributed by atoms with Gasteiger partial charge in [0.05, 0.1) is 5.75 Å². The Morgan fingerprint density at radius 1 is 1.15 bits per heavy atom. The molecule has 2 nitrogen and oxygen atoms in total. The van der Waals surface area contributed by atoms with Crippen molar-refractivity contribution in [2.45, 2.75) is 5.75 Å². The van der Waals surface area contributed by atoms with Crippen LogP contribution in [0.1, 0.15) is 5.56 Å². The predicted molar refractivity (Wildman–Crippen MR) is 85.3 cm³/mol. The number of hydrogen-bond donors (Lipinski definition) is 1. The van der Waals surface area contributed by atoms with Crippen LogP contribution in [0.25, 0.3) is 0 Å². The summed E-state index contributed by atoms with van der Waals surface area (Å²) in [6.07, 6.45) is 0. The second-order valence-electron chi connectivity index (χ2n) is 4.14. The first-order valence-corrected chi connectivity index (χ1v) is 7.96. The average Bonchev–Trinajstić information content (AvgIpc) is 2.43. The van der Waals surface area contributed by atoms with Gasteiger partial charge in [-0.2, -0.15) is 0 Å². The van der Waals surface area contributed by atoms with Crippen LogP contribution in [0.15, 0.2) is 53.0 Å². The van der Waals surface area contributed by atoms with Crippen LogP contribution in [0.5, 0.6) is 0 Å². The summed E-state index contributed by atoms with van der Waals surface area (Å²) in [5.41, 5.74) is 1.37. The molecule has 0 spiro atoms. The molecule has 0 aromatic heterocycles. The van der Waals surface area contributed by atoms with Crippen LogP contribution in [0.2, 0.25) is 0 Å². The third-order valence-electron chi connectivity index (χ3n) is 2.58. The molecule has 0 aliphatic carbocycles. The summed E-state index contributed by atoms with van der Waals surface area (Å²) >= 11 is 4.72. The molecule has 0 aliphatic heterocycles. The van der Waals surface area contributed by atoms with E-state index in [-0.39, 0.29) is 11.7 Å². The van der Waals surface area contributed by atoms with Crippen LogP contribution in [0, 0.1) is 5.82 Å². The Balaban J connectivity index is 1.78. The van der Waals surface area contributed by atoms with Crippen molar-refractivity contribution in [2.24, 2.45) is 0 Å². The normalized spacial score (nSPS) is 10.3. The van der Waals surface area contributed by atoms with Gasteiger partial charge in [-0.1, -0.05) is 34.1 Å². The topological polar surface area (TPSA) is 29.1 Å². The van der Waals surface area contributed by atoms with Gasteiger partial charge in [-0.15, -0.1) is 11.8 Å². The number of carbonyl (C=O) groups excluding carboxylic acids is 1. The van der Waals surface area contributed by atoms with Crippen LogP contribution >= 0.6 is 27.7 Å². The molecule has 0 aliphatic rings. The van der Waals surface area contributed by atoms with Gasteiger partial charge >= 0.3 is 0 Å². The second kappa shape index (κ2) is 7.45. The van der Waals surface area contributed by atoms with Gasteiger partial charge in [0.15, 0.2) is 0 Å². The number of halogens is 2. The van der Waals surface area contributed by atoms with Gasteiger partial charge in [0.2, 0.25) is 5.91 Å². The van der Waals surface area contributed by atoms with Gasteiger partial charge in [0, 0.05) is 15.9 Å². The summed E-state index contributed by atoms with van der Waals surface area (Å²) in [6.45, 7) is 0. The average molecular weight is 354 g/mol. The van der Waals surface area contributed by atoms with Crippen molar-refractivity contribution < 1.29 is 9.18 Å². The van der Waals surface area contributed by atoms with Crippen LogP contribution in [-0.4, -0.2) is 11.7 Å². The van der Waals surface area contributed by atoms with E-state index < -0.39 is 0 Å². The maximum Gasteiger partial charge on any atom is 0.234 e. The molecular weight excluding hydrogens is 341 g/mol. The van der Waals surface area contributed by atoms with Crippen molar-refractivity contribution in [1.29, 1.82) is 0 Å². The molecule has 0 fully saturated rings. The Labute approximate surface area is 129 Å².